The number of amides is 2. The molecule has 188 valence electrons. The third-order valence-electron chi connectivity index (χ3n) is 7.24. The van der Waals surface area contributed by atoms with Gasteiger partial charge in [0, 0.05) is 49.9 Å². The Hall–Kier alpha value is -2.86. The van der Waals surface area contributed by atoms with Crippen LogP contribution in [0.2, 0.25) is 0 Å². The lowest BCUT2D eigenvalue weighted by Gasteiger charge is -2.29. The highest BCUT2D eigenvalue weighted by molar-refractivity contribution is 5.95. The van der Waals surface area contributed by atoms with Crippen LogP contribution in [0.3, 0.4) is 0 Å². The van der Waals surface area contributed by atoms with Crippen molar-refractivity contribution in [3.63, 3.8) is 0 Å². The van der Waals surface area contributed by atoms with Crippen molar-refractivity contribution >= 4 is 17.5 Å². The molecule has 6 nitrogen and oxygen atoms in total. The number of carbonyl (C=O) groups excluding carboxylic acids is 2. The number of nitrogens with zero attached hydrogens (tertiary/aromatic N) is 3. The lowest BCUT2D eigenvalue weighted by molar-refractivity contribution is -0.116. The zero-order chi connectivity index (χ0) is 24.6. The molecule has 0 aliphatic carbocycles. The minimum atomic E-state index is 0.0385. The minimum absolute atomic E-state index is 0.0385. The molecule has 2 aromatic rings. The summed E-state index contributed by atoms with van der Waals surface area (Å²) in [6, 6.07) is 13.9. The zero-order valence-electron chi connectivity index (χ0n) is 21.3. The second-order valence-corrected chi connectivity index (χ2v) is 9.80. The normalized spacial score (nSPS) is 17.9. The molecular weight excluding hydrogens is 438 g/mol. The highest BCUT2D eigenvalue weighted by Gasteiger charge is 2.23. The number of fused-ring (bicyclic) bond motifs is 1. The van der Waals surface area contributed by atoms with Gasteiger partial charge >= 0.3 is 0 Å². The van der Waals surface area contributed by atoms with Gasteiger partial charge in [-0.1, -0.05) is 37.5 Å². The van der Waals surface area contributed by atoms with Crippen LogP contribution in [-0.4, -0.2) is 54.9 Å². The third-order valence-corrected chi connectivity index (χ3v) is 7.24. The van der Waals surface area contributed by atoms with E-state index >= 15 is 0 Å². The number of anilines is 1. The van der Waals surface area contributed by atoms with Crippen LogP contribution < -0.4 is 9.64 Å². The first-order chi connectivity index (χ1) is 17.1. The molecule has 0 aromatic heterocycles. The van der Waals surface area contributed by atoms with Gasteiger partial charge in [-0.25, -0.2) is 0 Å². The fraction of sp³-hybridized carbons (Fsp3) is 0.517. The van der Waals surface area contributed by atoms with Crippen LogP contribution in [0.25, 0.3) is 0 Å². The molecule has 1 saturated heterocycles. The molecule has 0 unspecified atom stereocenters. The lowest BCUT2D eigenvalue weighted by atomic mass is 10.0. The molecule has 6 heteroatoms. The first-order valence-electron chi connectivity index (χ1n) is 13.1. The number of methoxy groups -OCH3 is 1. The molecule has 2 aliphatic heterocycles. The molecule has 35 heavy (non-hydrogen) atoms. The SMILES string of the molecule is COc1ccc(C(=O)N2CCCCCCCN(C(C)=O)c3ccccc3C2)cc1CN1CCCC1. The Labute approximate surface area is 209 Å². The third kappa shape index (κ3) is 6.43. The van der Waals surface area contributed by atoms with Crippen molar-refractivity contribution in [3.8, 4) is 5.75 Å². The minimum Gasteiger partial charge on any atom is -0.496 e. The van der Waals surface area contributed by atoms with E-state index in [1.165, 1.54) is 12.8 Å². The fourth-order valence-corrected chi connectivity index (χ4v) is 5.32. The summed E-state index contributed by atoms with van der Waals surface area (Å²) in [7, 11) is 1.69. The van der Waals surface area contributed by atoms with Crippen LogP contribution in [0.5, 0.6) is 5.75 Å². The molecule has 1 fully saturated rings. The molecule has 0 radical (unpaired) electrons. The molecule has 0 atom stereocenters. The van der Waals surface area contributed by atoms with Crippen molar-refractivity contribution < 1.29 is 14.3 Å². The predicted octanol–water partition coefficient (Wildman–Crippen LogP) is 5.25. The van der Waals surface area contributed by atoms with Gasteiger partial charge in [0.25, 0.3) is 5.91 Å². The predicted molar refractivity (Wildman–Crippen MR) is 140 cm³/mol. The van der Waals surface area contributed by atoms with Crippen molar-refractivity contribution in [1.29, 1.82) is 0 Å². The number of para-hydroxylation sites is 1. The number of hydrogen-bond donors (Lipinski definition) is 0. The second kappa shape index (κ2) is 12.2. The molecule has 2 heterocycles. The topological polar surface area (TPSA) is 53.1 Å². The van der Waals surface area contributed by atoms with Crippen LogP contribution >= 0.6 is 0 Å². The van der Waals surface area contributed by atoms with E-state index in [2.05, 4.69) is 4.90 Å². The van der Waals surface area contributed by atoms with E-state index in [-0.39, 0.29) is 11.8 Å². The lowest BCUT2D eigenvalue weighted by Crippen LogP contribution is -2.35. The molecule has 2 aromatic carbocycles. The van der Waals surface area contributed by atoms with E-state index in [1.54, 1.807) is 14.0 Å². The highest BCUT2D eigenvalue weighted by Crippen LogP contribution is 2.27. The average Bonchev–Trinajstić information content (AvgIpc) is 3.37. The number of benzene rings is 2. The summed E-state index contributed by atoms with van der Waals surface area (Å²) in [5, 5.41) is 0. The maximum atomic E-state index is 13.8. The Bertz CT molecular complexity index is 1020. The molecule has 2 aliphatic rings. The van der Waals surface area contributed by atoms with Gasteiger partial charge in [0.2, 0.25) is 5.91 Å². The Balaban J connectivity index is 1.62. The zero-order valence-corrected chi connectivity index (χ0v) is 21.3. The van der Waals surface area contributed by atoms with Crippen LogP contribution in [0.15, 0.2) is 42.5 Å². The van der Waals surface area contributed by atoms with Crippen LogP contribution in [0.4, 0.5) is 5.69 Å². The van der Waals surface area contributed by atoms with Gasteiger partial charge < -0.3 is 14.5 Å². The number of hydrogen-bond acceptors (Lipinski definition) is 4. The van der Waals surface area contributed by atoms with E-state index in [0.29, 0.717) is 18.7 Å². The molecule has 0 N–H and O–H groups in total. The first-order valence-corrected chi connectivity index (χ1v) is 13.1. The quantitative estimate of drug-likeness (QED) is 0.604. The second-order valence-electron chi connectivity index (χ2n) is 9.80. The maximum Gasteiger partial charge on any atom is 0.254 e. The molecule has 2 amide bonds. The summed E-state index contributed by atoms with van der Waals surface area (Å²) in [6.07, 6.45) is 7.75. The first kappa shape index (κ1) is 25.2. The largest absolute Gasteiger partial charge is 0.496 e. The summed E-state index contributed by atoms with van der Waals surface area (Å²) in [5.74, 6) is 0.926. The molecule has 0 spiro atoms. The van der Waals surface area contributed by atoms with Gasteiger partial charge in [0.05, 0.1) is 7.11 Å². The van der Waals surface area contributed by atoms with E-state index in [9.17, 15) is 9.59 Å². The van der Waals surface area contributed by atoms with E-state index in [0.717, 1.165) is 80.8 Å². The number of likely N-dealkylation sites (tertiary alicyclic amines) is 1. The molecule has 0 bridgehead atoms. The van der Waals surface area contributed by atoms with Crippen molar-refractivity contribution in [2.75, 3.05) is 38.2 Å². The van der Waals surface area contributed by atoms with Crippen molar-refractivity contribution in [2.24, 2.45) is 0 Å². The Kier molecular flexibility index (Phi) is 8.80. The Morgan fingerprint density at radius 2 is 1.54 bits per heavy atom. The van der Waals surface area contributed by atoms with Crippen LogP contribution in [0.1, 0.15) is 73.4 Å². The van der Waals surface area contributed by atoms with Crippen LogP contribution in [0, 0.1) is 0 Å². The Morgan fingerprint density at radius 3 is 2.29 bits per heavy atom. The van der Waals surface area contributed by atoms with Crippen LogP contribution in [-0.2, 0) is 17.9 Å². The van der Waals surface area contributed by atoms with Gasteiger partial charge in [0.15, 0.2) is 0 Å². The molecule has 4 rings (SSSR count). The van der Waals surface area contributed by atoms with E-state index < -0.39 is 0 Å². The number of rotatable bonds is 4. The monoisotopic (exact) mass is 477 g/mol. The average molecular weight is 478 g/mol. The fourth-order valence-electron chi connectivity index (χ4n) is 5.32. The van der Waals surface area contributed by atoms with Gasteiger partial charge in [0.1, 0.15) is 5.75 Å². The van der Waals surface area contributed by atoms with Crippen molar-refractivity contribution in [1.82, 2.24) is 9.80 Å². The van der Waals surface area contributed by atoms with Gasteiger partial charge in [-0.3, -0.25) is 14.5 Å². The maximum absolute atomic E-state index is 13.8. The summed E-state index contributed by atoms with van der Waals surface area (Å²) < 4.78 is 5.62. The Morgan fingerprint density at radius 1 is 0.857 bits per heavy atom. The summed E-state index contributed by atoms with van der Waals surface area (Å²) in [6.45, 7) is 6.55. The standard InChI is InChI=1S/C29H39N3O3/c1-23(33)32-19-9-5-3-4-8-18-31(22-25-12-6-7-13-27(25)32)29(34)24-14-15-28(35-2)26(20-24)21-30-16-10-11-17-30/h6-7,12-15,20H,3-5,8-11,16-19,21-22H2,1-2H3. The summed E-state index contributed by atoms with van der Waals surface area (Å²) >= 11 is 0. The summed E-state index contributed by atoms with van der Waals surface area (Å²) in [5.41, 5.74) is 3.70. The molecule has 0 saturated carbocycles. The highest BCUT2D eigenvalue weighted by atomic mass is 16.5. The van der Waals surface area contributed by atoms with Crippen molar-refractivity contribution in [3.05, 3.63) is 59.2 Å². The number of ether oxygens (including phenoxy) is 1. The molecular formula is C29H39N3O3. The number of carbonyl (C=O) groups is 2. The van der Waals surface area contributed by atoms with E-state index in [1.807, 2.05) is 52.3 Å². The van der Waals surface area contributed by atoms with Gasteiger partial charge in [-0.2, -0.15) is 0 Å². The van der Waals surface area contributed by atoms with Gasteiger partial charge in [-0.15, -0.1) is 0 Å². The van der Waals surface area contributed by atoms with Gasteiger partial charge in [-0.05, 0) is 68.6 Å². The van der Waals surface area contributed by atoms with Crippen molar-refractivity contribution in [2.45, 2.75) is 65.0 Å². The smallest absolute Gasteiger partial charge is 0.254 e. The van der Waals surface area contributed by atoms with E-state index in [4.69, 9.17) is 4.74 Å². The summed E-state index contributed by atoms with van der Waals surface area (Å²) in [4.78, 5) is 32.6.